The normalized spacial score (nSPS) is 11.9. The quantitative estimate of drug-likeness (QED) is 0.172. The molecule has 14 aromatic rings. The van der Waals surface area contributed by atoms with Gasteiger partial charge in [-0.05, 0) is 78.9 Å². The number of furan rings is 1. The van der Waals surface area contributed by atoms with Crippen LogP contribution in [-0.2, 0) is 0 Å². The molecule has 306 valence electrons. The molecular formula is C58H33N7O. The number of para-hydroxylation sites is 5. The van der Waals surface area contributed by atoms with Gasteiger partial charge in [0.2, 0.25) is 5.95 Å². The van der Waals surface area contributed by atoms with Crippen LogP contribution in [0.2, 0.25) is 0 Å². The minimum atomic E-state index is 0.465. The number of hydrogen-bond donors (Lipinski definition) is 0. The first kappa shape index (κ1) is 36.2. The van der Waals surface area contributed by atoms with Crippen molar-refractivity contribution in [3.05, 3.63) is 206 Å². The minimum Gasteiger partial charge on any atom is -0.456 e. The molecule has 0 saturated heterocycles. The van der Waals surface area contributed by atoms with E-state index < -0.39 is 0 Å². The van der Waals surface area contributed by atoms with E-state index in [9.17, 15) is 5.26 Å². The van der Waals surface area contributed by atoms with Gasteiger partial charge in [-0.2, -0.15) is 15.2 Å². The molecule has 0 aliphatic carbocycles. The first-order chi connectivity index (χ1) is 32.7. The average molecular weight is 844 g/mol. The molecule has 0 N–H and O–H groups in total. The molecular weight excluding hydrogens is 811 g/mol. The van der Waals surface area contributed by atoms with Gasteiger partial charge in [-0.25, -0.2) is 4.98 Å². The van der Waals surface area contributed by atoms with Crippen molar-refractivity contribution < 1.29 is 4.42 Å². The highest BCUT2D eigenvalue weighted by Gasteiger charge is 2.24. The molecule has 0 spiro atoms. The number of benzene rings is 9. The molecule has 0 saturated carbocycles. The molecule has 0 aliphatic heterocycles. The topological polar surface area (TPSA) is 90.4 Å². The van der Waals surface area contributed by atoms with Crippen molar-refractivity contribution in [2.45, 2.75) is 0 Å². The molecule has 8 heteroatoms. The molecule has 0 amide bonds. The Kier molecular flexibility index (Phi) is 7.59. The fourth-order valence-corrected chi connectivity index (χ4v) is 10.3. The molecule has 0 bridgehead atoms. The van der Waals surface area contributed by atoms with Crippen LogP contribution in [0.4, 0.5) is 0 Å². The third-order valence-electron chi connectivity index (χ3n) is 13.1. The Labute approximate surface area is 376 Å². The van der Waals surface area contributed by atoms with Crippen molar-refractivity contribution in [3.63, 3.8) is 0 Å². The maximum atomic E-state index is 11.1. The van der Waals surface area contributed by atoms with E-state index in [1.54, 1.807) is 0 Å². The molecule has 66 heavy (non-hydrogen) atoms. The lowest BCUT2D eigenvalue weighted by molar-refractivity contribution is 0.669. The van der Waals surface area contributed by atoms with Gasteiger partial charge >= 0.3 is 0 Å². The number of fused-ring (bicyclic) bond motifs is 13. The molecule has 0 aliphatic rings. The fourth-order valence-electron chi connectivity index (χ4n) is 10.3. The fraction of sp³-hybridized carbons (Fsp3) is 0. The van der Waals surface area contributed by atoms with Crippen molar-refractivity contribution in [1.29, 1.82) is 5.26 Å². The zero-order chi connectivity index (χ0) is 43.5. The predicted octanol–water partition coefficient (Wildman–Crippen LogP) is 14.3. The van der Waals surface area contributed by atoms with E-state index >= 15 is 0 Å². The number of aromatic nitrogens is 6. The molecule has 0 fully saturated rings. The maximum Gasteiger partial charge on any atom is 0.238 e. The van der Waals surface area contributed by atoms with Gasteiger partial charge in [0.1, 0.15) is 17.2 Å². The maximum absolute atomic E-state index is 11.1. The van der Waals surface area contributed by atoms with Crippen LogP contribution in [0, 0.1) is 11.3 Å². The Morgan fingerprint density at radius 2 is 0.955 bits per heavy atom. The van der Waals surface area contributed by atoms with Crippen molar-refractivity contribution in [1.82, 2.24) is 28.7 Å². The average Bonchev–Trinajstić information content (AvgIpc) is 4.12. The number of nitrogens with zero attached hydrogens (tertiary/aromatic N) is 7. The Morgan fingerprint density at radius 3 is 1.62 bits per heavy atom. The van der Waals surface area contributed by atoms with E-state index in [4.69, 9.17) is 19.4 Å². The Balaban J connectivity index is 1.01. The van der Waals surface area contributed by atoms with Crippen LogP contribution in [0.3, 0.4) is 0 Å². The van der Waals surface area contributed by atoms with Gasteiger partial charge in [-0.1, -0.05) is 121 Å². The summed E-state index contributed by atoms with van der Waals surface area (Å²) in [6, 6.07) is 71.3. The van der Waals surface area contributed by atoms with Crippen molar-refractivity contribution in [2.75, 3.05) is 0 Å². The van der Waals surface area contributed by atoms with E-state index in [0.717, 1.165) is 104 Å². The summed E-state index contributed by atoms with van der Waals surface area (Å²) in [6.07, 6.45) is 0. The van der Waals surface area contributed by atoms with E-state index in [0.29, 0.717) is 28.7 Å². The lowest BCUT2D eigenvalue weighted by Crippen LogP contribution is -2.06. The summed E-state index contributed by atoms with van der Waals surface area (Å²) in [6.45, 7) is 0. The van der Waals surface area contributed by atoms with Crippen LogP contribution in [-0.4, -0.2) is 28.7 Å². The van der Waals surface area contributed by atoms with Gasteiger partial charge < -0.3 is 13.6 Å². The van der Waals surface area contributed by atoms with E-state index in [1.165, 1.54) is 0 Å². The lowest BCUT2D eigenvalue weighted by atomic mass is 10.1. The predicted molar refractivity (Wildman–Crippen MR) is 266 cm³/mol. The second-order valence-corrected chi connectivity index (χ2v) is 16.7. The molecule has 0 radical (unpaired) electrons. The smallest absolute Gasteiger partial charge is 0.238 e. The zero-order valence-electron chi connectivity index (χ0n) is 35.1. The van der Waals surface area contributed by atoms with Gasteiger partial charge in [-0.15, -0.1) is 0 Å². The van der Waals surface area contributed by atoms with Crippen LogP contribution in [0.1, 0.15) is 5.56 Å². The highest BCUT2D eigenvalue weighted by Crippen LogP contribution is 2.44. The summed E-state index contributed by atoms with van der Waals surface area (Å²) in [5, 5.41) is 19.8. The second kappa shape index (κ2) is 13.8. The number of rotatable bonds is 5. The van der Waals surface area contributed by atoms with Crippen molar-refractivity contribution in [3.8, 4) is 46.2 Å². The van der Waals surface area contributed by atoms with Crippen molar-refractivity contribution >= 4 is 87.4 Å². The second-order valence-electron chi connectivity index (χ2n) is 16.7. The molecule has 0 unspecified atom stereocenters. The van der Waals surface area contributed by atoms with Gasteiger partial charge in [0.05, 0.1) is 49.7 Å². The summed E-state index contributed by atoms with van der Waals surface area (Å²) >= 11 is 0. The summed E-state index contributed by atoms with van der Waals surface area (Å²) in [5.74, 6) is 1.50. The van der Waals surface area contributed by atoms with E-state index in [1.807, 2.05) is 66.7 Å². The SMILES string of the molecule is N#Cc1cc(-c2nc(-c3ccccc3)nc(-n3c4ccccc4c4ccccc43)n2)ccc1-n1c2ccccc2c2ccc3oc4cc5c6ccccc6n(-c6ccccc6)c5cc4c3c21. The summed E-state index contributed by atoms with van der Waals surface area (Å²) in [4.78, 5) is 15.4. The highest BCUT2D eigenvalue weighted by atomic mass is 16.3. The van der Waals surface area contributed by atoms with Crippen LogP contribution in [0.5, 0.6) is 0 Å². The Bertz CT molecular complexity index is 4310. The Hall–Kier alpha value is -9.32. The summed E-state index contributed by atoms with van der Waals surface area (Å²) in [5.41, 5.74) is 11.6. The molecule has 5 aromatic heterocycles. The van der Waals surface area contributed by atoms with Crippen LogP contribution in [0.25, 0.3) is 127 Å². The first-order valence-electron chi connectivity index (χ1n) is 21.9. The lowest BCUT2D eigenvalue weighted by Gasteiger charge is -2.13. The first-order valence-corrected chi connectivity index (χ1v) is 21.9. The standard InChI is InChI=1S/C58H33N7O/c59-34-37-31-36(57-60-56(35-15-3-1-4-16-35)61-58(62-57)65-49-25-13-7-19-39(49)40-20-8-14-26-50(40)65)27-29-46(37)64-48-24-12-9-21-41(48)43-28-30-52-54(55(43)64)45-32-51-44(33-53(45)66-52)42-22-10-11-23-47(42)63(51)38-17-5-2-6-18-38/h1-33H. The zero-order valence-corrected chi connectivity index (χ0v) is 35.1. The third-order valence-corrected chi connectivity index (χ3v) is 13.1. The van der Waals surface area contributed by atoms with Gasteiger partial charge in [-0.3, -0.25) is 4.57 Å². The largest absolute Gasteiger partial charge is 0.456 e. The van der Waals surface area contributed by atoms with Crippen LogP contribution < -0.4 is 0 Å². The monoisotopic (exact) mass is 843 g/mol. The third kappa shape index (κ3) is 5.16. The Morgan fingerprint density at radius 1 is 0.394 bits per heavy atom. The van der Waals surface area contributed by atoms with Crippen molar-refractivity contribution in [2.24, 2.45) is 0 Å². The van der Waals surface area contributed by atoms with Crippen LogP contribution in [0.15, 0.2) is 205 Å². The van der Waals surface area contributed by atoms with Gasteiger partial charge in [0, 0.05) is 54.5 Å². The molecule has 0 atom stereocenters. The molecule has 9 aromatic carbocycles. The van der Waals surface area contributed by atoms with Gasteiger partial charge in [0.15, 0.2) is 11.6 Å². The van der Waals surface area contributed by atoms with E-state index in [2.05, 4.69) is 153 Å². The van der Waals surface area contributed by atoms with Gasteiger partial charge in [0.25, 0.3) is 0 Å². The van der Waals surface area contributed by atoms with Crippen LogP contribution >= 0.6 is 0 Å². The molecule has 5 heterocycles. The highest BCUT2D eigenvalue weighted by molar-refractivity contribution is 6.27. The molecule has 8 nitrogen and oxygen atoms in total. The summed E-state index contributed by atoms with van der Waals surface area (Å²) in [7, 11) is 0. The molecule has 14 rings (SSSR count). The number of nitriles is 1. The summed E-state index contributed by atoms with van der Waals surface area (Å²) < 4.78 is 13.5. The number of hydrogen-bond acceptors (Lipinski definition) is 5. The minimum absolute atomic E-state index is 0.465. The van der Waals surface area contributed by atoms with E-state index in [-0.39, 0.29) is 0 Å².